The SMILES string of the molecule is COOCc1cc(N(C)C)c2c(c1O)C(O)=C1C(=O)[C@]3(O)C(O)=C(C(N)=O)C(=O)[C@@H](N(C)C)[C@@H]3C[C@@H]1C2. The van der Waals surface area contributed by atoms with Crippen LogP contribution >= 0.6 is 0 Å². The largest absolute Gasteiger partial charge is 0.508 e. The van der Waals surface area contributed by atoms with E-state index in [-0.39, 0.29) is 41.9 Å². The van der Waals surface area contributed by atoms with Crippen LogP contribution in [0.15, 0.2) is 23.0 Å². The molecule has 3 aliphatic rings. The number of aliphatic hydroxyl groups is 3. The second-order valence-electron chi connectivity index (χ2n) is 10.0. The minimum absolute atomic E-state index is 0.00260. The van der Waals surface area contributed by atoms with Crippen molar-refractivity contribution in [2.45, 2.75) is 31.1 Å². The van der Waals surface area contributed by atoms with Gasteiger partial charge in [-0.15, -0.1) is 0 Å². The molecule has 3 aliphatic carbocycles. The molecule has 0 aliphatic heterocycles. The smallest absolute Gasteiger partial charge is 0.255 e. The predicted octanol–water partition coefficient (Wildman–Crippen LogP) is 0.108. The number of fused-ring (bicyclic) bond motifs is 3. The lowest BCUT2D eigenvalue weighted by atomic mass is 9.57. The highest BCUT2D eigenvalue weighted by molar-refractivity contribution is 6.24. The van der Waals surface area contributed by atoms with E-state index >= 15 is 0 Å². The molecular weight excluding hydrogens is 486 g/mol. The van der Waals surface area contributed by atoms with Crippen LogP contribution in [0.3, 0.4) is 0 Å². The van der Waals surface area contributed by atoms with Gasteiger partial charge in [-0.05, 0) is 44.5 Å². The molecule has 12 nitrogen and oxygen atoms in total. The summed E-state index contributed by atoms with van der Waals surface area (Å²) in [6.07, 6.45) is 0.217. The zero-order valence-corrected chi connectivity index (χ0v) is 21.2. The van der Waals surface area contributed by atoms with E-state index in [4.69, 9.17) is 10.6 Å². The number of carbonyl (C=O) groups is 3. The van der Waals surface area contributed by atoms with Gasteiger partial charge in [0.1, 0.15) is 29.4 Å². The van der Waals surface area contributed by atoms with Crippen molar-refractivity contribution >= 4 is 28.9 Å². The molecule has 1 saturated carbocycles. The Hall–Kier alpha value is -3.45. The first kappa shape index (κ1) is 26.6. The predicted molar refractivity (Wildman–Crippen MR) is 130 cm³/mol. The second-order valence-corrected chi connectivity index (χ2v) is 10.0. The number of benzene rings is 1. The number of hydrogen-bond acceptors (Lipinski definition) is 11. The number of nitrogens with zero attached hydrogens (tertiary/aromatic N) is 2. The lowest BCUT2D eigenvalue weighted by molar-refractivity contribution is -0.282. The molecule has 1 aromatic carbocycles. The summed E-state index contributed by atoms with van der Waals surface area (Å²) < 4.78 is 0. The van der Waals surface area contributed by atoms with E-state index < -0.39 is 58.0 Å². The molecule has 0 radical (unpaired) electrons. The van der Waals surface area contributed by atoms with Crippen molar-refractivity contribution in [2.75, 3.05) is 40.2 Å². The standard InChI is InChI=1S/C25H31N3O9/c1-27(2)14-8-11(9-37-36-5)19(29)16-12(14)6-10-7-13-18(28(3)4)21(31)17(24(26)34)23(33)25(13,35)22(32)15(10)20(16)30/h8,10,13,18,29-30,33,35H,6-7,9H2,1-5H3,(H2,26,34)/t10-,13-,18-,25-/m0/s1. The van der Waals surface area contributed by atoms with Gasteiger partial charge in [0.05, 0.1) is 18.7 Å². The fourth-order valence-electron chi connectivity index (χ4n) is 5.98. The molecule has 0 aromatic heterocycles. The Bertz CT molecular complexity index is 1270. The Morgan fingerprint density at radius 1 is 1.19 bits per heavy atom. The lowest BCUT2D eigenvalue weighted by Crippen LogP contribution is -2.65. The molecule has 4 rings (SSSR count). The third-order valence-electron chi connectivity index (χ3n) is 7.59. The van der Waals surface area contributed by atoms with Gasteiger partial charge in [0.2, 0.25) is 5.78 Å². The Morgan fingerprint density at radius 3 is 2.38 bits per heavy atom. The Labute approximate surface area is 213 Å². The van der Waals surface area contributed by atoms with Gasteiger partial charge in [-0.1, -0.05) is 0 Å². The van der Waals surface area contributed by atoms with Gasteiger partial charge in [-0.2, -0.15) is 0 Å². The molecule has 0 saturated heterocycles. The van der Waals surface area contributed by atoms with Crippen LogP contribution in [0.2, 0.25) is 0 Å². The first-order valence-corrected chi connectivity index (χ1v) is 11.6. The number of rotatable bonds is 6. The topological polar surface area (TPSA) is 183 Å². The van der Waals surface area contributed by atoms with Gasteiger partial charge >= 0.3 is 0 Å². The monoisotopic (exact) mass is 517 g/mol. The highest BCUT2D eigenvalue weighted by Crippen LogP contribution is 2.54. The first-order chi connectivity index (χ1) is 17.3. The zero-order chi connectivity index (χ0) is 27.6. The number of amides is 1. The average molecular weight is 518 g/mol. The Morgan fingerprint density at radius 2 is 1.84 bits per heavy atom. The molecule has 0 heterocycles. The third-order valence-corrected chi connectivity index (χ3v) is 7.59. The van der Waals surface area contributed by atoms with Crippen LogP contribution in [0.25, 0.3) is 5.76 Å². The van der Waals surface area contributed by atoms with Gasteiger partial charge in [-0.25, -0.2) is 9.78 Å². The zero-order valence-electron chi connectivity index (χ0n) is 21.2. The van der Waals surface area contributed by atoms with Crippen molar-refractivity contribution in [3.05, 3.63) is 39.7 Å². The molecule has 0 spiro atoms. The molecular formula is C25H31N3O9. The molecule has 0 bridgehead atoms. The number of likely N-dealkylation sites (N-methyl/N-ethyl adjacent to an activating group) is 1. The van der Waals surface area contributed by atoms with Crippen LogP contribution in [-0.2, 0) is 37.2 Å². The Kier molecular flexibility index (Phi) is 6.57. The number of hydrogen-bond donors (Lipinski definition) is 5. The quantitative estimate of drug-likeness (QED) is 0.196. The molecule has 4 atom stereocenters. The number of aromatic hydroxyl groups is 1. The number of ketones is 2. The maximum atomic E-state index is 13.9. The van der Waals surface area contributed by atoms with E-state index in [9.17, 15) is 34.8 Å². The van der Waals surface area contributed by atoms with Crippen molar-refractivity contribution < 1.29 is 44.6 Å². The van der Waals surface area contributed by atoms with Gasteiger partial charge in [0.15, 0.2) is 11.4 Å². The maximum Gasteiger partial charge on any atom is 0.255 e. The average Bonchev–Trinajstić information content (AvgIpc) is 2.80. The summed E-state index contributed by atoms with van der Waals surface area (Å²) in [6.45, 7) is -0.152. The van der Waals surface area contributed by atoms with Crippen molar-refractivity contribution in [3.8, 4) is 5.75 Å². The number of Topliss-reactive ketones (excluding diaryl/α,β-unsaturated/α-hetero) is 2. The molecule has 37 heavy (non-hydrogen) atoms. The number of phenolic OH excluding ortho intramolecular Hbond substituents is 1. The van der Waals surface area contributed by atoms with Crippen molar-refractivity contribution in [2.24, 2.45) is 17.6 Å². The van der Waals surface area contributed by atoms with Crippen molar-refractivity contribution in [1.82, 2.24) is 4.90 Å². The molecule has 200 valence electrons. The van der Waals surface area contributed by atoms with Gasteiger partial charge in [-0.3, -0.25) is 19.3 Å². The van der Waals surface area contributed by atoms with Crippen LogP contribution in [0.1, 0.15) is 23.1 Å². The summed E-state index contributed by atoms with van der Waals surface area (Å²) in [5, 5.41) is 45.0. The molecule has 0 unspecified atom stereocenters. The summed E-state index contributed by atoms with van der Waals surface area (Å²) in [4.78, 5) is 52.0. The minimum atomic E-state index is -2.68. The minimum Gasteiger partial charge on any atom is -0.508 e. The molecule has 12 heteroatoms. The van der Waals surface area contributed by atoms with Crippen LogP contribution in [0.5, 0.6) is 5.75 Å². The van der Waals surface area contributed by atoms with E-state index in [1.165, 1.54) is 12.0 Å². The summed E-state index contributed by atoms with van der Waals surface area (Å²) in [5.74, 6) is -6.92. The molecule has 1 fully saturated rings. The number of carbonyl (C=O) groups excluding carboxylic acids is 3. The van der Waals surface area contributed by atoms with E-state index in [1.807, 2.05) is 0 Å². The number of aliphatic hydroxyl groups excluding tert-OH is 2. The fourth-order valence-corrected chi connectivity index (χ4v) is 5.98. The first-order valence-electron chi connectivity index (χ1n) is 11.6. The van der Waals surface area contributed by atoms with E-state index in [0.29, 0.717) is 11.3 Å². The van der Waals surface area contributed by atoms with E-state index in [0.717, 1.165) is 0 Å². The van der Waals surface area contributed by atoms with E-state index in [2.05, 4.69) is 4.89 Å². The summed E-state index contributed by atoms with van der Waals surface area (Å²) >= 11 is 0. The third kappa shape index (κ3) is 3.71. The normalized spacial score (nSPS) is 27.3. The van der Waals surface area contributed by atoms with Gasteiger partial charge < -0.3 is 31.1 Å². The molecule has 1 amide bonds. The van der Waals surface area contributed by atoms with Crippen molar-refractivity contribution in [3.63, 3.8) is 0 Å². The van der Waals surface area contributed by atoms with Gasteiger partial charge in [0, 0.05) is 36.8 Å². The number of phenols is 1. The van der Waals surface area contributed by atoms with Crippen LogP contribution in [0, 0.1) is 11.8 Å². The molecule has 6 N–H and O–H groups in total. The summed E-state index contributed by atoms with van der Waals surface area (Å²) in [5.41, 5.74) is 3.10. The second kappa shape index (κ2) is 9.14. The summed E-state index contributed by atoms with van der Waals surface area (Å²) in [6, 6.07) is 0.556. The number of nitrogens with two attached hydrogens (primary N) is 1. The highest BCUT2D eigenvalue weighted by atomic mass is 17.2. The maximum absolute atomic E-state index is 13.9. The fraction of sp³-hybridized carbons (Fsp3) is 0.480. The summed E-state index contributed by atoms with van der Waals surface area (Å²) in [7, 11) is 7.98. The van der Waals surface area contributed by atoms with Crippen LogP contribution < -0.4 is 10.6 Å². The van der Waals surface area contributed by atoms with Crippen LogP contribution in [0.4, 0.5) is 5.69 Å². The Balaban J connectivity index is 1.98. The highest BCUT2D eigenvalue weighted by Gasteiger charge is 2.64. The number of anilines is 1. The van der Waals surface area contributed by atoms with Gasteiger partial charge in [0.25, 0.3) is 5.91 Å². The molecule has 1 aromatic rings. The van der Waals surface area contributed by atoms with Crippen molar-refractivity contribution in [1.29, 1.82) is 0 Å². The lowest BCUT2D eigenvalue weighted by Gasteiger charge is -2.50. The number of primary amides is 1. The van der Waals surface area contributed by atoms with Crippen LogP contribution in [-0.4, -0.2) is 89.7 Å². The van der Waals surface area contributed by atoms with E-state index in [1.54, 1.807) is 39.2 Å².